The molecule has 27 heavy (non-hydrogen) atoms. The number of carbonyl (C=O) groups is 1. The van der Waals surface area contributed by atoms with Gasteiger partial charge in [0.15, 0.2) is 0 Å². The summed E-state index contributed by atoms with van der Waals surface area (Å²) in [6.07, 6.45) is 5.72. The van der Waals surface area contributed by atoms with E-state index in [0.717, 1.165) is 33.5 Å². The van der Waals surface area contributed by atoms with E-state index in [4.69, 9.17) is 4.74 Å². The third kappa shape index (κ3) is 4.81. The van der Waals surface area contributed by atoms with Crippen molar-refractivity contribution in [1.29, 1.82) is 0 Å². The minimum absolute atomic E-state index is 0.0416. The lowest BCUT2D eigenvalue weighted by Gasteiger charge is -2.23. The lowest BCUT2D eigenvalue weighted by molar-refractivity contribution is -0.115. The van der Waals surface area contributed by atoms with Gasteiger partial charge in [-0.3, -0.25) is 4.79 Å². The predicted molar refractivity (Wildman–Crippen MR) is 114 cm³/mol. The van der Waals surface area contributed by atoms with Gasteiger partial charge in [0.05, 0.1) is 12.1 Å². The first-order chi connectivity index (χ1) is 13.0. The number of nitrogens with one attached hydrogen (secondary N) is 1. The van der Waals surface area contributed by atoms with Crippen molar-refractivity contribution in [3.8, 4) is 5.75 Å². The molecule has 3 rings (SSSR count). The van der Waals surface area contributed by atoms with Crippen LogP contribution in [-0.2, 0) is 11.2 Å². The van der Waals surface area contributed by atoms with Crippen LogP contribution in [0.15, 0.2) is 53.0 Å². The molecular weight excluding hydrogens is 402 g/mol. The van der Waals surface area contributed by atoms with Crippen LogP contribution in [0.3, 0.4) is 0 Å². The number of halogens is 1. The molecule has 1 aliphatic heterocycles. The highest BCUT2D eigenvalue weighted by atomic mass is 79.9. The molecule has 2 unspecified atom stereocenters. The summed E-state index contributed by atoms with van der Waals surface area (Å²) >= 11 is 3.60. The van der Waals surface area contributed by atoms with Crippen molar-refractivity contribution in [3.05, 3.63) is 69.7 Å². The second kappa shape index (κ2) is 8.75. The van der Waals surface area contributed by atoms with Crippen LogP contribution >= 0.6 is 15.9 Å². The summed E-state index contributed by atoms with van der Waals surface area (Å²) in [4.78, 5) is 12.6. The number of hydrogen-bond donors (Lipinski definition) is 1. The number of carbonyl (C=O) groups excluding carboxylic acids is 1. The Balaban J connectivity index is 1.87. The Labute approximate surface area is 169 Å². The van der Waals surface area contributed by atoms with Gasteiger partial charge in [0, 0.05) is 16.0 Å². The minimum atomic E-state index is -0.0416. The number of rotatable bonds is 5. The number of benzene rings is 2. The fraction of sp³-hybridized carbons (Fsp3) is 0.348. The second-order valence-corrected chi connectivity index (χ2v) is 8.15. The molecule has 0 aliphatic carbocycles. The molecule has 0 spiro atoms. The van der Waals surface area contributed by atoms with Crippen LogP contribution in [0.4, 0.5) is 5.69 Å². The van der Waals surface area contributed by atoms with E-state index in [1.54, 1.807) is 0 Å². The first kappa shape index (κ1) is 19.7. The summed E-state index contributed by atoms with van der Waals surface area (Å²) < 4.78 is 6.95. The Morgan fingerprint density at radius 3 is 2.74 bits per heavy atom. The van der Waals surface area contributed by atoms with Gasteiger partial charge in [-0.15, -0.1) is 0 Å². The first-order valence-corrected chi connectivity index (χ1v) is 10.3. The third-order valence-corrected chi connectivity index (χ3v) is 5.58. The van der Waals surface area contributed by atoms with Crippen LogP contribution in [0.5, 0.6) is 5.75 Å². The van der Waals surface area contributed by atoms with E-state index in [2.05, 4.69) is 53.3 Å². The molecule has 2 atom stereocenters. The van der Waals surface area contributed by atoms with E-state index in [0.29, 0.717) is 18.9 Å². The Kier molecular flexibility index (Phi) is 6.38. The average Bonchev–Trinajstić information content (AvgIpc) is 2.85. The van der Waals surface area contributed by atoms with E-state index in [9.17, 15) is 4.79 Å². The highest BCUT2D eigenvalue weighted by Crippen LogP contribution is 2.42. The van der Waals surface area contributed by atoms with Crippen molar-refractivity contribution < 1.29 is 9.53 Å². The molecule has 0 bridgehead atoms. The summed E-state index contributed by atoms with van der Waals surface area (Å²) in [5, 5.41) is 3.06. The first-order valence-electron chi connectivity index (χ1n) is 9.46. The van der Waals surface area contributed by atoms with E-state index in [1.807, 2.05) is 37.3 Å². The quantitative estimate of drug-likeness (QED) is 0.592. The molecule has 0 aromatic heterocycles. The van der Waals surface area contributed by atoms with Crippen molar-refractivity contribution in [2.24, 2.45) is 5.92 Å². The zero-order valence-electron chi connectivity index (χ0n) is 16.1. The van der Waals surface area contributed by atoms with Crippen molar-refractivity contribution in [1.82, 2.24) is 0 Å². The Bertz CT molecular complexity index is 842. The van der Waals surface area contributed by atoms with Crippen molar-refractivity contribution in [3.63, 3.8) is 0 Å². The monoisotopic (exact) mass is 427 g/mol. The molecule has 2 aromatic carbocycles. The van der Waals surface area contributed by atoms with E-state index >= 15 is 0 Å². The smallest absolute Gasteiger partial charge is 0.228 e. The van der Waals surface area contributed by atoms with Gasteiger partial charge in [-0.2, -0.15) is 0 Å². The molecule has 1 heterocycles. The molecule has 2 aromatic rings. The number of hydrogen-bond acceptors (Lipinski definition) is 2. The van der Waals surface area contributed by atoms with Gasteiger partial charge in [0.2, 0.25) is 5.91 Å². The number of ether oxygens (including phenoxy) is 1. The minimum Gasteiger partial charge on any atom is -0.487 e. The Hall–Kier alpha value is -2.07. The normalized spacial score (nSPS) is 16.8. The fourth-order valence-electron chi connectivity index (χ4n) is 3.39. The van der Waals surface area contributed by atoms with Gasteiger partial charge in [-0.05, 0) is 30.5 Å². The molecular formula is C23H26BrNO2. The van der Waals surface area contributed by atoms with Gasteiger partial charge in [0.1, 0.15) is 12.4 Å². The molecule has 0 saturated carbocycles. The highest BCUT2D eigenvalue weighted by molar-refractivity contribution is 9.10. The third-order valence-electron chi connectivity index (χ3n) is 5.13. The maximum absolute atomic E-state index is 12.6. The fourth-order valence-corrected chi connectivity index (χ4v) is 3.86. The molecule has 1 amide bonds. The molecule has 0 saturated heterocycles. The van der Waals surface area contributed by atoms with E-state index < -0.39 is 0 Å². The van der Waals surface area contributed by atoms with Crippen LogP contribution in [0.2, 0.25) is 0 Å². The maximum Gasteiger partial charge on any atom is 0.228 e. The van der Waals surface area contributed by atoms with Crippen LogP contribution in [-0.4, -0.2) is 12.5 Å². The molecule has 0 fully saturated rings. The largest absolute Gasteiger partial charge is 0.487 e. The summed E-state index contributed by atoms with van der Waals surface area (Å²) in [6, 6.07) is 12.1. The lowest BCUT2D eigenvalue weighted by atomic mass is 9.85. The highest BCUT2D eigenvalue weighted by Gasteiger charge is 2.24. The van der Waals surface area contributed by atoms with Crippen molar-refractivity contribution in [2.45, 2.75) is 39.5 Å². The summed E-state index contributed by atoms with van der Waals surface area (Å²) in [7, 11) is 0. The average molecular weight is 428 g/mol. The number of aryl methyl sites for hydroxylation is 1. The number of amides is 1. The zero-order valence-corrected chi connectivity index (χ0v) is 17.7. The summed E-state index contributed by atoms with van der Waals surface area (Å²) in [6.45, 7) is 7.01. The Morgan fingerprint density at radius 1 is 1.30 bits per heavy atom. The zero-order chi connectivity index (χ0) is 19.4. The van der Waals surface area contributed by atoms with Gasteiger partial charge in [0.25, 0.3) is 0 Å². The number of anilines is 1. The van der Waals surface area contributed by atoms with Crippen LogP contribution in [0, 0.1) is 12.8 Å². The van der Waals surface area contributed by atoms with Crippen molar-refractivity contribution >= 4 is 27.5 Å². The molecule has 142 valence electrons. The number of allylic oxidation sites excluding steroid dienone is 1. The van der Waals surface area contributed by atoms with Gasteiger partial charge in [-0.1, -0.05) is 78.2 Å². The SMILES string of the molecule is CCC(C)C1C=CCOc2c(NC(=O)Cc3ccc(C)cc3)cc(Br)cc21. The van der Waals surface area contributed by atoms with Gasteiger partial charge in [-0.25, -0.2) is 0 Å². The van der Waals surface area contributed by atoms with Gasteiger partial charge >= 0.3 is 0 Å². The maximum atomic E-state index is 12.6. The van der Waals surface area contributed by atoms with Crippen LogP contribution in [0.1, 0.15) is 42.9 Å². The van der Waals surface area contributed by atoms with E-state index in [1.165, 1.54) is 5.56 Å². The summed E-state index contributed by atoms with van der Waals surface area (Å²) in [5.41, 5.74) is 4.04. The van der Waals surface area contributed by atoms with Gasteiger partial charge < -0.3 is 10.1 Å². The molecule has 1 aliphatic rings. The van der Waals surface area contributed by atoms with Crippen LogP contribution in [0.25, 0.3) is 0 Å². The lowest BCUT2D eigenvalue weighted by Crippen LogP contribution is -2.16. The molecule has 3 nitrogen and oxygen atoms in total. The van der Waals surface area contributed by atoms with Crippen LogP contribution < -0.4 is 10.1 Å². The Morgan fingerprint density at radius 2 is 2.04 bits per heavy atom. The standard InChI is InChI=1S/C23H26BrNO2/c1-4-16(3)19-6-5-11-27-23-20(19)13-18(24)14-21(23)25-22(26)12-17-9-7-15(2)8-10-17/h5-10,13-14,16,19H,4,11-12H2,1-3H3,(H,25,26). The predicted octanol–water partition coefficient (Wildman–Crippen LogP) is 6.02. The van der Waals surface area contributed by atoms with E-state index in [-0.39, 0.29) is 11.8 Å². The topological polar surface area (TPSA) is 38.3 Å². The second-order valence-electron chi connectivity index (χ2n) is 7.23. The van der Waals surface area contributed by atoms with Crippen molar-refractivity contribution in [2.75, 3.05) is 11.9 Å². The molecule has 4 heteroatoms. The molecule has 0 radical (unpaired) electrons. The molecule has 1 N–H and O–H groups in total. The number of fused-ring (bicyclic) bond motifs is 1. The summed E-state index contributed by atoms with van der Waals surface area (Å²) in [5.74, 6) is 1.51.